The van der Waals surface area contributed by atoms with Crippen LogP contribution >= 0.6 is 23.4 Å². The summed E-state index contributed by atoms with van der Waals surface area (Å²) in [5.74, 6) is 0.405. The molecule has 1 heterocycles. The van der Waals surface area contributed by atoms with Crippen LogP contribution in [0.1, 0.15) is 62.9 Å². The van der Waals surface area contributed by atoms with Gasteiger partial charge in [-0.3, -0.25) is 0 Å². The molecule has 0 unspecified atom stereocenters. The van der Waals surface area contributed by atoms with E-state index in [4.69, 9.17) is 17.3 Å². The summed E-state index contributed by atoms with van der Waals surface area (Å²) in [6.07, 6.45) is 4.79. The van der Waals surface area contributed by atoms with Gasteiger partial charge in [0.2, 0.25) is 0 Å². The number of rotatable bonds is 7. The average molecular weight is 470 g/mol. The van der Waals surface area contributed by atoms with Crippen molar-refractivity contribution in [3.8, 4) is 0 Å². The fourth-order valence-electron chi connectivity index (χ4n) is 3.77. The number of hydrogen-bond acceptors (Lipinski definition) is 2. The lowest BCUT2D eigenvalue weighted by Crippen LogP contribution is -2.29. The molecule has 4 nitrogen and oxygen atoms in total. The summed E-state index contributed by atoms with van der Waals surface area (Å²) in [5, 5.41) is 4.63. The first kappa shape index (κ1) is 24.3. The van der Waals surface area contributed by atoms with Crippen LogP contribution in [-0.4, -0.2) is 22.3 Å². The Balaban J connectivity index is 2.18. The maximum absolute atomic E-state index is 11.0. The quantitative estimate of drug-likeness (QED) is 0.322. The molecule has 0 radical (unpaired) electrons. The fraction of sp³-hybridized carbons (Fsp3) is 0.346. The largest absolute Gasteiger partial charge is 0.354 e. The maximum Gasteiger partial charge on any atom is 0.312 e. The second kappa shape index (κ2) is 10.1. The first-order valence-electron chi connectivity index (χ1n) is 10.9. The molecule has 0 aliphatic heterocycles. The number of nitrogens with one attached hydrogen (secondary N) is 2. The number of aromatic nitrogens is 1. The van der Waals surface area contributed by atoms with Crippen molar-refractivity contribution >= 4 is 46.4 Å². The van der Waals surface area contributed by atoms with Gasteiger partial charge in [-0.25, -0.2) is 4.79 Å². The Morgan fingerprint density at radius 3 is 2.47 bits per heavy atom. The van der Waals surface area contributed by atoms with Crippen LogP contribution in [0.2, 0.25) is 5.02 Å². The molecule has 170 valence electrons. The first-order chi connectivity index (χ1) is 15.0. The molecule has 4 N–H and O–H groups in total. The number of halogens is 1. The molecule has 0 saturated carbocycles. The van der Waals surface area contributed by atoms with Crippen molar-refractivity contribution in [1.29, 1.82) is 0 Å². The van der Waals surface area contributed by atoms with E-state index in [1.54, 1.807) is 0 Å². The van der Waals surface area contributed by atoms with E-state index < -0.39 is 6.03 Å². The summed E-state index contributed by atoms with van der Waals surface area (Å²) in [6.45, 7) is 11.6. The topological polar surface area (TPSA) is 70.9 Å². The van der Waals surface area contributed by atoms with E-state index in [-0.39, 0.29) is 4.75 Å². The van der Waals surface area contributed by atoms with Gasteiger partial charge < -0.3 is 16.0 Å². The number of H-pyrrole nitrogens is 1. The van der Waals surface area contributed by atoms with E-state index in [1.165, 1.54) is 27.0 Å². The molecular formula is C26H32ClN3OS. The summed E-state index contributed by atoms with van der Waals surface area (Å²) in [5.41, 5.74) is 11.3. The molecule has 3 rings (SSSR count). The summed E-state index contributed by atoms with van der Waals surface area (Å²) in [7, 11) is 0. The van der Waals surface area contributed by atoms with E-state index in [0.717, 1.165) is 22.7 Å². The minimum absolute atomic E-state index is 0.0363. The van der Waals surface area contributed by atoms with Crippen molar-refractivity contribution in [3.63, 3.8) is 0 Å². The van der Waals surface area contributed by atoms with E-state index in [2.05, 4.69) is 69.2 Å². The Morgan fingerprint density at radius 2 is 1.88 bits per heavy atom. The Morgan fingerprint density at radius 1 is 1.19 bits per heavy atom. The molecule has 6 heteroatoms. The highest BCUT2D eigenvalue weighted by Crippen LogP contribution is 2.43. The number of urea groups is 1. The van der Waals surface area contributed by atoms with Crippen molar-refractivity contribution < 1.29 is 4.79 Å². The first-order valence-corrected chi connectivity index (χ1v) is 12.1. The minimum Gasteiger partial charge on any atom is -0.354 e. The Hall–Kier alpha value is -2.37. The van der Waals surface area contributed by atoms with Crippen LogP contribution in [0.4, 0.5) is 4.79 Å². The van der Waals surface area contributed by atoms with Crippen LogP contribution in [0.25, 0.3) is 17.0 Å². The number of carbonyl (C=O) groups excluding carboxylic acids is 1. The molecular weight excluding hydrogens is 438 g/mol. The van der Waals surface area contributed by atoms with Crippen molar-refractivity contribution in [3.05, 3.63) is 69.9 Å². The van der Waals surface area contributed by atoms with Crippen LogP contribution in [0.5, 0.6) is 0 Å². The number of nitrogens with two attached hydrogens (primary N) is 1. The zero-order chi connectivity index (χ0) is 23.5. The SMILES string of the molecule is CC(C)c1ccc2[nH]c(C=CCNC(N)=O)c(SC(C)(C)C)c2c1Cc1ccc(Cl)cc1. The Kier molecular flexibility index (Phi) is 7.63. The van der Waals surface area contributed by atoms with Crippen molar-refractivity contribution in [2.75, 3.05) is 6.54 Å². The molecule has 0 fully saturated rings. The maximum atomic E-state index is 11.0. The third-order valence-corrected chi connectivity index (χ3v) is 6.59. The van der Waals surface area contributed by atoms with E-state index in [0.29, 0.717) is 12.5 Å². The molecule has 0 atom stereocenters. The molecule has 1 aromatic heterocycles. The molecule has 0 aliphatic carbocycles. The Bertz CT molecular complexity index is 1120. The molecule has 0 spiro atoms. The van der Waals surface area contributed by atoms with Gasteiger partial charge in [0.1, 0.15) is 0 Å². The van der Waals surface area contributed by atoms with Gasteiger partial charge in [-0.15, -0.1) is 11.8 Å². The number of primary amides is 1. The third kappa shape index (κ3) is 6.11. The second-order valence-corrected chi connectivity index (χ2v) is 11.5. The average Bonchev–Trinajstić information content (AvgIpc) is 3.03. The van der Waals surface area contributed by atoms with Gasteiger partial charge in [-0.1, -0.05) is 70.5 Å². The Labute approximate surface area is 200 Å². The monoisotopic (exact) mass is 469 g/mol. The van der Waals surface area contributed by atoms with E-state index in [9.17, 15) is 4.79 Å². The van der Waals surface area contributed by atoms with Crippen LogP contribution in [0.3, 0.4) is 0 Å². The molecule has 3 aromatic rings. The number of carbonyl (C=O) groups is 1. The van der Waals surface area contributed by atoms with Crippen LogP contribution in [-0.2, 0) is 6.42 Å². The van der Waals surface area contributed by atoms with Gasteiger partial charge in [0.25, 0.3) is 0 Å². The fourth-order valence-corrected chi connectivity index (χ4v) is 5.07. The predicted octanol–water partition coefficient (Wildman–Crippen LogP) is 7.11. The summed E-state index contributed by atoms with van der Waals surface area (Å²) < 4.78 is 0.0363. The number of amides is 2. The normalized spacial score (nSPS) is 12.2. The van der Waals surface area contributed by atoms with Gasteiger partial charge in [0.15, 0.2) is 0 Å². The standard InChI is InChI=1S/C26H32ClN3OS/c1-16(2)19-12-13-21-23(20(19)15-17-8-10-18(27)11-9-17)24(32-26(3,4)5)22(30-21)7-6-14-29-25(28)31/h6-13,16,30H,14-15H2,1-5H3,(H3,28,29,31). The molecule has 0 saturated heterocycles. The minimum atomic E-state index is -0.526. The molecule has 0 aliphatic rings. The number of thioether (sulfide) groups is 1. The lowest BCUT2D eigenvalue weighted by molar-refractivity contribution is 0.250. The highest BCUT2D eigenvalue weighted by molar-refractivity contribution is 8.00. The number of aromatic amines is 1. The highest BCUT2D eigenvalue weighted by atomic mass is 35.5. The van der Waals surface area contributed by atoms with Gasteiger partial charge >= 0.3 is 6.03 Å². The molecule has 0 bridgehead atoms. The smallest absolute Gasteiger partial charge is 0.312 e. The van der Waals surface area contributed by atoms with Gasteiger partial charge in [0.05, 0.1) is 5.69 Å². The summed E-state index contributed by atoms with van der Waals surface area (Å²) in [6, 6.07) is 12.0. The molecule has 2 amide bonds. The molecule has 32 heavy (non-hydrogen) atoms. The van der Waals surface area contributed by atoms with Crippen molar-refractivity contribution in [1.82, 2.24) is 10.3 Å². The van der Waals surface area contributed by atoms with Crippen LogP contribution < -0.4 is 11.1 Å². The number of hydrogen-bond donors (Lipinski definition) is 3. The lowest BCUT2D eigenvalue weighted by atomic mass is 9.90. The van der Waals surface area contributed by atoms with E-state index in [1.807, 2.05) is 36.0 Å². The van der Waals surface area contributed by atoms with Crippen molar-refractivity contribution in [2.45, 2.75) is 56.6 Å². The van der Waals surface area contributed by atoms with Gasteiger partial charge in [0, 0.05) is 32.1 Å². The van der Waals surface area contributed by atoms with E-state index >= 15 is 0 Å². The number of benzene rings is 2. The predicted molar refractivity (Wildman–Crippen MR) is 139 cm³/mol. The summed E-state index contributed by atoms with van der Waals surface area (Å²) >= 11 is 7.98. The third-order valence-electron chi connectivity index (χ3n) is 5.09. The highest BCUT2D eigenvalue weighted by Gasteiger charge is 2.22. The zero-order valence-corrected chi connectivity index (χ0v) is 21.0. The molecule has 2 aromatic carbocycles. The van der Waals surface area contributed by atoms with Crippen LogP contribution in [0.15, 0.2) is 47.4 Å². The second-order valence-electron chi connectivity index (χ2n) is 9.24. The van der Waals surface area contributed by atoms with Crippen molar-refractivity contribution in [2.24, 2.45) is 5.73 Å². The van der Waals surface area contributed by atoms with Gasteiger partial charge in [-0.2, -0.15) is 0 Å². The lowest BCUT2D eigenvalue weighted by Gasteiger charge is -2.20. The summed E-state index contributed by atoms with van der Waals surface area (Å²) in [4.78, 5) is 15.8. The zero-order valence-electron chi connectivity index (χ0n) is 19.4. The van der Waals surface area contributed by atoms with Gasteiger partial charge in [-0.05, 0) is 53.3 Å². The van der Waals surface area contributed by atoms with Crippen LogP contribution in [0, 0.1) is 0 Å². The number of fused-ring (bicyclic) bond motifs is 1.